The fourth-order valence-corrected chi connectivity index (χ4v) is 5.25. The van der Waals surface area contributed by atoms with Gasteiger partial charge in [0.2, 0.25) is 0 Å². The van der Waals surface area contributed by atoms with E-state index in [-0.39, 0.29) is 12.6 Å². The van der Waals surface area contributed by atoms with E-state index in [0.29, 0.717) is 28.4 Å². The molecule has 6 aromatic carbocycles. The van der Waals surface area contributed by atoms with E-state index in [0.717, 1.165) is 44.5 Å². The summed E-state index contributed by atoms with van der Waals surface area (Å²) in [6, 6.07) is 38.4. The summed E-state index contributed by atoms with van der Waals surface area (Å²) in [5.74, 6) is 1.15. The average molecular weight is 553 g/mol. The third kappa shape index (κ3) is 5.38. The number of fused-ring (bicyclic) bond motifs is 2. The lowest BCUT2D eigenvalue weighted by atomic mass is 9.90. The zero-order valence-corrected chi connectivity index (χ0v) is 23.0. The van der Waals surface area contributed by atoms with Crippen LogP contribution < -0.4 is 20.1 Å². The summed E-state index contributed by atoms with van der Waals surface area (Å²) in [5.41, 5.74) is 4.36. The Labute approximate surface area is 243 Å². The van der Waals surface area contributed by atoms with Gasteiger partial charge in [-0.05, 0) is 63.5 Å². The second-order valence-electron chi connectivity index (χ2n) is 9.81. The number of hydrogen-bond acceptors (Lipinski definition) is 4. The molecule has 0 aromatic heterocycles. The Hall–Kier alpha value is -5.62. The van der Waals surface area contributed by atoms with Gasteiger partial charge in [0, 0.05) is 22.5 Å². The van der Waals surface area contributed by atoms with Gasteiger partial charge >= 0.3 is 6.03 Å². The maximum atomic E-state index is 12.5. The molecule has 0 fully saturated rings. The number of carbonyl (C=O) groups excluding carboxylic acids is 2. The molecule has 0 aliphatic carbocycles. The number of anilines is 2. The summed E-state index contributed by atoms with van der Waals surface area (Å²) in [6.45, 7) is 0.259. The lowest BCUT2D eigenvalue weighted by Gasteiger charge is -2.20. The van der Waals surface area contributed by atoms with Crippen LogP contribution in [0.3, 0.4) is 0 Å². The monoisotopic (exact) mass is 552 g/mol. The lowest BCUT2D eigenvalue weighted by Crippen LogP contribution is -2.19. The van der Waals surface area contributed by atoms with Crippen molar-refractivity contribution in [2.24, 2.45) is 0 Å². The van der Waals surface area contributed by atoms with Gasteiger partial charge in [0.25, 0.3) is 0 Å². The molecule has 42 heavy (non-hydrogen) atoms. The van der Waals surface area contributed by atoms with Gasteiger partial charge in [-0.2, -0.15) is 0 Å². The van der Waals surface area contributed by atoms with Crippen molar-refractivity contribution < 1.29 is 19.1 Å². The van der Waals surface area contributed by atoms with E-state index in [1.165, 1.54) is 0 Å². The highest BCUT2D eigenvalue weighted by Crippen LogP contribution is 2.46. The second kappa shape index (κ2) is 11.9. The Kier molecular flexibility index (Phi) is 7.51. The molecule has 6 aromatic rings. The first kappa shape index (κ1) is 26.6. The highest BCUT2D eigenvalue weighted by atomic mass is 16.5. The van der Waals surface area contributed by atoms with Gasteiger partial charge in [0.05, 0.1) is 12.7 Å². The summed E-state index contributed by atoms with van der Waals surface area (Å²) in [6.07, 6.45) is 0.826. The van der Waals surface area contributed by atoms with E-state index in [1.807, 2.05) is 109 Å². The van der Waals surface area contributed by atoms with E-state index in [2.05, 4.69) is 22.8 Å². The molecule has 0 radical (unpaired) electrons. The van der Waals surface area contributed by atoms with Crippen LogP contribution in [0.5, 0.6) is 11.5 Å². The Morgan fingerprint density at radius 2 is 1.36 bits per heavy atom. The Bertz CT molecular complexity index is 1920. The van der Waals surface area contributed by atoms with Crippen LogP contribution in [0.1, 0.15) is 15.9 Å². The minimum Gasteiger partial charge on any atom is -0.495 e. The normalized spacial score (nSPS) is 10.8. The van der Waals surface area contributed by atoms with Crippen LogP contribution in [0.2, 0.25) is 0 Å². The number of hydrogen-bond donors (Lipinski definition) is 2. The van der Waals surface area contributed by atoms with E-state index >= 15 is 0 Å². The number of aldehydes is 1. The highest BCUT2D eigenvalue weighted by Gasteiger charge is 2.21. The zero-order chi connectivity index (χ0) is 28.9. The van der Waals surface area contributed by atoms with Gasteiger partial charge in [-0.15, -0.1) is 0 Å². The molecule has 0 atom stereocenters. The molecule has 0 saturated carbocycles. The summed E-state index contributed by atoms with van der Waals surface area (Å²) in [5, 5.41) is 9.62. The minimum absolute atomic E-state index is 0.259. The smallest absolute Gasteiger partial charge is 0.323 e. The van der Waals surface area contributed by atoms with Crippen molar-refractivity contribution in [3.05, 3.63) is 132 Å². The quantitative estimate of drug-likeness (QED) is 0.185. The first-order valence-corrected chi connectivity index (χ1v) is 13.6. The van der Waals surface area contributed by atoms with E-state index in [4.69, 9.17) is 9.47 Å². The fraction of sp³-hybridized carbons (Fsp3) is 0.0556. The summed E-state index contributed by atoms with van der Waals surface area (Å²) < 4.78 is 12.3. The predicted octanol–water partition coefficient (Wildman–Crippen LogP) is 8.70. The maximum Gasteiger partial charge on any atom is 0.323 e. The molecular weight excluding hydrogens is 524 g/mol. The van der Waals surface area contributed by atoms with Crippen LogP contribution in [0, 0.1) is 0 Å². The largest absolute Gasteiger partial charge is 0.495 e. The number of ether oxygens (including phenoxy) is 2. The van der Waals surface area contributed by atoms with Gasteiger partial charge < -0.3 is 20.1 Å². The fourth-order valence-electron chi connectivity index (χ4n) is 5.25. The SMILES string of the molecule is COc1c(C=O)cc2ccccc2c1-c1c(OCc2cccc(NC(=O)Nc3ccccc3)c2)ccc2ccccc12. The van der Waals surface area contributed by atoms with E-state index in [1.54, 1.807) is 7.11 Å². The molecule has 6 heteroatoms. The first-order chi connectivity index (χ1) is 20.6. The first-order valence-electron chi connectivity index (χ1n) is 13.6. The van der Waals surface area contributed by atoms with Gasteiger partial charge in [-0.3, -0.25) is 4.79 Å². The molecule has 6 nitrogen and oxygen atoms in total. The molecule has 206 valence electrons. The van der Waals surface area contributed by atoms with Gasteiger partial charge in [-0.1, -0.05) is 84.9 Å². The Balaban J connectivity index is 1.37. The van der Waals surface area contributed by atoms with Crippen molar-refractivity contribution in [1.29, 1.82) is 0 Å². The number of amides is 2. The highest BCUT2D eigenvalue weighted by molar-refractivity contribution is 6.12. The van der Waals surface area contributed by atoms with Crippen molar-refractivity contribution in [3.63, 3.8) is 0 Å². The molecule has 0 heterocycles. The number of rotatable bonds is 8. The summed E-state index contributed by atoms with van der Waals surface area (Å²) in [4.78, 5) is 24.7. The lowest BCUT2D eigenvalue weighted by molar-refractivity contribution is 0.112. The predicted molar refractivity (Wildman–Crippen MR) is 169 cm³/mol. The number of carbonyl (C=O) groups is 2. The maximum absolute atomic E-state index is 12.5. The third-order valence-electron chi connectivity index (χ3n) is 7.11. The van der Waals surface area contributed by atoms with E-state index < -0.39 is 0 Å². The average Bonchev–Trinajstić information content (AvgIpc) is 3.03. The van der Waals surface area contributed by atoms with Crippen molar-refractivity contribution >= 4 is 45.2 Å². The van der Waals surface area contributed by atoms with Crippen LogP contribution in [0.4, 0.5) is 16.2 Å². The molecule has 0 spiro atoms. The molecular formula is C36H28N2O4. The van der Waals surface area contributed by atoms with Crippen LogP contribution in [-0.4, -0.2) is 19.4 Å². The number of benzene rings is 6. The molecule has 0 aliphatic rings. The summed E-state index contributed by atoms with van der Waals surface area (Å²) >= 11 is 0. The molecule has 2 amide bonds. The number of methoxy groups -OCH3 is 1. The molecule has 2 N–H and O–H groups in total. The molecule has 6 rings (SSSR count). The van der Waals surface area contributed by atoms with Crippen LogP contribution in [0.15, 0.2) is 121 Å². The van der Waals surface area contributed by atoms with Gasteiger partial charge in [0.1, 0.15) is 18.1 Å². The van der Waals surface area contributed by atoms with Crippen LogP contribution in [-0.2, 0) is 6.61 Å². The number of urea groups is 1. The molecule has 0 saturated heterocycles. The van der Waals surface area contributed by atoms with Crippen molar-refractivity contribution in [2.75, 3.05) is 17.7 Å². The van der Waals surface area contributed by atoms with E-state index in [9.17, 15) is 9.59 Å². The molecule has 0 bridgehead atoms. The van der Waals surface area contributed by atoms with Crippen LogP contribution >= 0.6 is 0 Å². The zero-order valence-electron chi connectivity index (χ0n) is 23.0. The topological polar surface area (TPSA) is 76.7 Å². The number of para-hydroxylation sites is 1. The third-order valence-corrected chi connectivity index (χ3v) is 7.11. The Morgan fingerprint density at radius 3 is 2.12 bits per heavy atom. The summed E-state index contributed by atoms with van der Waals surface area (Å²) in [7, 11) is 1.58. The standard InChI is InChI=1S/C36H28N2O4/c1-41-35-27(22-39)21-26-12-6-8-17-31(26)34(35)33-30-16-7-5-11-25(30)18-19-32(33)42-23-24-10-9-15-29(20-24)38-36(40)37-28-13-3-2-4-14-28/h2-22H,23H2,1H3,(H2,37,38,40). The van der Waals surface area contributed by atoms with Gasteiger partial charge in [-0.25, -0.2) is 4.79 Å². The number of nitrogens with one attached hydrogen (secondary N) is 2. The van der Waals surface area contributed by atoms with Gasteiger partial charge in [0.15, 0.2) is 6.29 Å². The minimum atomic E-state index is -0.329. The second-order valence-corrected chi connectivity index (χ2v) is 9.81. The van der Waals surface area contributed by atoms with Crippen molar-refractivity contribution in [3.8, 4) is 22.6 Å². The molecule has 0 aliphatic heterocycles. The Morgan fingerprint density at radius 1 is 0.690 bits per heavy atom. The molecule has 0 unspecified atom stereocenters. The van der Waals surface area contributed by atoms with Crippen LogP contribution in [0.25, 0.3) is 32.7 Å². The van der Waals surface area contributed by atoms with Crippen molar-refractivity contribution in [2.45, 2.75) is 6.61 Å². The van der Waals surface area contributed by atoms with Crippen molar-refractivity contribution in [1.82, 2.24) is 0 Å².